The van der Waals surface area contributed by atoms with E-state index in [2.05, 4.69) is 41.4 Å². The molecule has 0 saturated carbocycles. The van der Waals surface area contributed by atoms with Crippen molar-refractivity contribution in [2.24, 2.45) is 0 Å². The predicted molar refractivity (Wildman–Crippen MR) is 101 cm³/mol. The van der Waals surface area contributed by atoms with Gasteiger partial charge in [-0.15, -0.1) is 0 Å². The van der Waals surface area contributed by atoms with E-state index in [0.29, 0.717) is 12.1 Å². The number of morpholine rings is 1. The highest BCUT2D eigenvalue weighted by Crippen LogP contribution is 2.17. The molecule has 0 amide bonds. The van der Waals surface area contributed by atoms with Gasteiger partial charge in [-0.3, -0.25) is 4.90 Å². The standard InChI is InChI=1S/C21H26N2O3/c1-16-5-7-18(8-6-16)20(15-23-9-11-26-12-10-23)22-14-17-3-2-4-19(13-17)21(24)25/h2-8,13,20,22H,9-12,14-15H2,1H3,(H,24,25). The van der Waals surface area contributed by atoms with Gasteiger partial charge in [0.2, 0.25) is 0 Å². The van der Waals surface area contributed by atoms with Gasteiger partial charge in [0, 0.05) is 32.2 Å². The van der Waals surface area contributed by atoms with E-state index in [1.165, 1.54) is 11.1 Å². The molecule has 1 saturated heterocycles. The maximum atomic E-state index is 11.2. The van der Waals surface area contributed by atoms with Crippen LogP contribution in [0.25, 0.3) is 0 Å². The van der Waals surface area contributed by atoms with Gasteiger partial charge in [0.15, 0.2) is 0 Å². The molecular formula is C21H26N2O3. The van der Waals surface area contributed by atoms with Crippen molar-refractivity contribution in [1.29, 1.82) is 0 Å². The summed E-state index contributed by atoms with van der Waals surface area (Å²) in [5.41, 5.74) is 3.79. The Hall–Kier alpha value is -2.21. The van der Waals surface area contributed by atoms with Gasteiger partial charge in [0.05, 0.1) is 18.8 Å². The van der Waals surface area contributed by atoms with Crippen LogP contribution in [0.15, 0.2) is 48.5 Å². The van der Waals surface area contributed by atoms with Crippen molar-refractivity contribution in [2.75, 3.05) is 32.8 Å². The third-order valence-electron chi connectivity index (χ3n) is 4.75. The van der Waals surface area contributed by atoms with E-state index >= 15 is 0 Å². The fraction of sp³-hybridized carbons (Fsp3) is 0.381. The highest BCUT2D eigenvalue weighted by atomic mass is 16.5. The molecule has 0 radical (unpaired) electrons. The minimum atomic E-state index is -0.893. The molecule has 1 heterocycles. The summed E-state index contributed by atoms with van der Waals surface area (Å²) in [6.07, 6.45) is 0. The summed E-state index contributed by atoms with van der Waals surface area (Å²) in [5, 5.41) is 12.8. The second-order valence-corrected chi connectivity index (χ2v) is 6.76. The molecule has 1 atom stereocenters. The lowest BCUT2D eigenvalue weighted by atomic mass is 10.0. The first-order valence-electron chi connectivity index (χ1n) is 9.04. The summed E-state index contributed by atoms with van der Waals surface area (Å²) < 4.78 is 5.45. The molecule has 3 rings (SSSR count). The van der Waals surface area contributed by atoms with Crippen LogP contribution in [-0.2, 0) is 11.3 Å². The number of nitrogens with zero attached hydrogens (tertiary/aromatic N) is 1. The highest BCUT2D eigenvalue weighted by molar-refractivity contribution is 5.87. The lowest BCUT2D eigenvalue weighted by molar-refractivity contribution is 0.0333. The topological polar surface area (TPSA) is 61.8 Å². The third kappa shape index (κ3) is 5.14. The number of benzene rings is 2. The second-order valence-electron chi connectivity index (χ2n) is 6.76. The normalized spacial score (nSPS) is 16.3. The van der Waals surface area contributed by atoms with E-state index in [-0.39, 0.29) is 6.04 Å². The number of hydrogen-bond acceptors (Lipinski definition) is 4. The average molecular weight is 354 g/mol. The maximum absolute atomic E-state index is 11.2. The second kappa shape index (κ2) is 8.94. The molecule has 1 aliphatic rings. The molecule has 0 bridgehead atoms. The molecule has 0 spiro atoms. The summed E-state index contributed by atoms with van der Waals surface area (Å²) in [6, 6.07) is 15.9. The van der Waals surface area contributed by atoms with Gasteiger partial charge in [0.1, 0.15) is 0 Å². The van der Waals surface area contributed by atoms with Gasteiger partial charge in [-0.2, -0.15) is 0 Å². The zero-order valence-electron chi connectivity index (χ0n) is 15.1. The van der Waals surface area contributed by atoms with Crippen molar-refractivity contribution in [3.05, 3.63) is 70.8 Å². The summed E-state index contributed by atoms with van der Waals surface area (Å²) in [5.74, 6) is -0.893. The lowest BCUT2D eigenvalue weighted by Gasteiger charge is -2.31. The Morgan fingerprint density at radius 3 is 2.62 bits per heavy atom. The maximum Gasteiger partial charge on any atom is 0.335 e. The zero-order chi connectivity index (χ0) is 18.4. The molecule has 1 unspecified atom stereocenters. The first-order chi connectivity index (χ1) is 12.6. The Morgan fingerprint density at radius 2 is 1.92 bits per heavy atom. The minimum absolute atomic E-state index is 0.183. The fourth-order valence-electron chi connectivity index (χ4n) is 3.18. The summed E-state index contributed by atoms with van der Waals surface area (Å²) in [4.78, 5) is 13.6. The van der Waals surface area contributed by atoms with Crippen LogP contribution in [0.1, 0.15) is 33.1 Å². The summed E-state index contributed by atoms with van der Waals surface area (Å²) in [7, 11) is 0. The van der Waals surface area contributed by atoms with E-state index in [4.69, 9.17) is 9.84 Å². The molecule has 2 N–H and O–H groups in total. The number of hydrogen-bond donors (Lipinski definition) is 2. The lowest BCUT2D eigenvalue weighted by Crippen LogP contribution is -2.41. The summed E-state index contributed by atoms with van der Waals surface area (Å²) in [6.45, 7) is 7.07. The Morgan fingerprint density at radius 1 is 1.19 bits per heavy atom. The van der Waals surface area contributed by atoms with Gasteiger partial charge < -0.3 is 15.2 Å². The number of nitrogens with one attached hydrogen (secondary N) is 1. The third-order valence-corrected chi connectivity index (χ3v) is 4.75. The van der Waals surface area contributed by atoms with Gasteiger partial charge in [0.25, 0.3) is 0 Å². The SMILES string of the molecule is Cc1ccc(C(CN2CCOCC2)NCc2cccc(C(=O)O)c2)cc1. The number of rotatable bonds is 7. The monoisotopic (exact) mass is 354 g/mol. The van der Waals surface area contributed by atoms with Crippen molar-refractivity contribution >= 4 is 5.97 Å². The summed E-state index contributed by atoms with van der Waals surface area (Å²) >= 11 is 0. The average Bonchev–Trinajstić information content (AvgIpc) is 2.67. The van der Waals surface area contributed by atoms with Crippen molar-refractivity contribution in [3.8, 4) is 0 Å². The van der Waals surface area contributed by atoms with Crippen LogP contribution in [-0.4, -0.2) is 48.8 Å². The number of aromatic carboxylic acids is 1. The Bertz CT molecular complexity index is 724. The van der Waals surface area contributed by atoms with Crippen LogP contribution >= 0.6 is 0 Å². The van der Waals surface area contributed by atoms with Crippen LogP contribution in [0.2, 0.25) is 0 Å². The smallest absolute Gasteiger partial charge is 0.335 e. The fourth-order valence-corrected chi connectivity index (χ4v) is 3.18. The first kappa shape index (κ1) is 18.6. The molecule has 2 aromatic rings. The quantitative estimate of drug-likeness (QED) is 0.801. The largest absolute Gasteiger partial charge is 0.478 e. The van der Waals surface area contributed by atoms with Gasteiger partial charge >= 0.3 is 5.97 Å². The molecule has 0 aromatic heterocycles. The number of carboxylic acids is 1. The number of ether oxygens (including phenoxy) is 1. The molecule has 5 nitrogen and oxygen atoms in total. The van der Waals surface area contributed by atoms with Crippen molar-refractivity contribution in [2.45, 2.75) is 19.5 Å². The van der Waals surface area contributed by atoms with E-state index in [0.717, 1.165) is 38.4 Å². The van der Waals surface area contributed by atoms with Crippen LogP contribution in [0.4, 0.5) is 0 Å². The molecule has 0 aliphatic carbocycles. The minimum Gasteiger partial charge on any atom is -0.478 e. The van der Waals surface area contributed by atoms with Crippen molar-refractivity contribution in [3.63, 3.8) is 0 Å². The first-order valence-corrected chi connectivity index (χ1v) is 9.04. The molecule has 2 aromatic carbocycles. The van der Waals surface area contributed by atoms with Crippen LogP contribution in [0.5, 0.6) is 0 Å². The zero-order valence-corrected chi connectivity index (χ0v) is 15.1. The van der Waals surface area contributed by atoms with Crippen LogP contribution in [0, 0.1) is 6.92 Å². The molecule has 138 valence electrons. The molecule has 5 heteroatoms. The Kier molecular flexibility index (Phi) is 6.39. The van der Waals surface area contributed by atoms with Crippen LogP contribution in [0.3, 0.4) is 0 Å². The number of carbonyl (C=O) groups is 1. The Balaban J connectivity index is 1.71. The van der Waals surface area contributed by atoms with E-state index in [1.807, 2.05) is 6.07 Å². The number of aryl methyl sites for hydroxylation is 1. The molecule has 1 fully saturated rings. The molecule has 26 heavy (non-hydrogen) atoms. The van der Waals surface area contributed by atoms with Crippen molar-refractivity contribution < 1.29 is 14.6 Å². The molecule has 1 aliphatic heterocycles. The van der Waals surface area contributed by atoms with E-state index in [1.54, 1.807) is 18.2 Å². The van der Waals surface area contributed by atoms with E-state index in [9.17, 15) is 4.79 Å². The van der Waals surface area contributed by atoms with Gasteiger partial charge in [-0.05, 0) is 30.2 Å². The van der Waals surface area contributed by atoms with Crippen LogP contribution < -0.4 is 5.32 Å². The molecular weight excluding hydrogens is 328 g/mol. The van der Waals surface area contributed by atoms with Gasteiger partial charge in [-0.1, -0.05) is 42.0 Å². The van der Waals surface area contributed by atoms with E-state index < -0.39 is 5.97 Å². The predicted octanol–water partition coefficient (Wildman–Crippen LogP) is 2.86. The Labute approximate surface area is 154 Å². The van der Waals surface area contributed by atoms with Crippen molar-refractivity contribution in [1.82, 2.24) is 10.2 Å². The van der Waals surface area contributed by atoms with Gasteiger partial charge in [-0.25, -0.2) is 4.79 Å². The highest BCUT2D eigenvalue weighted by Gasteiger charge is 2.18. The number of carboxylic acid groups (broad SMARTS) is 1.